The fourth-order valence-electron chi connectivity index (χ4n) is 2.20. The Balaban J connectivity index is 1.89. The average Bonchev–Trinajstić information content (AvgIpc) is 2.60. The van der Waals surface area contributed by atoms with Crippen molar-refractivity contribution in [3.63, 3.8) is 0 Å². The van der Waals surface area contributed by atoms with Gasteiger partial charge in [-0.25, -0.2) is 0 Å². The van der Waals surface area contributed by atoms with Crippen LogP contribution in [0.3, 0.4) is 0 Å². The molecule has 2 N–H and O–H groups in total. The molecule has 0 saturated carbocycles. The third-order valence-electron chi connectivity index (χ3n) is 3.37. The molecule has 0 bridgehead atoms. The highest BCUT2D eigenvalue weighted by molar-refractivity contribution is 7.99. The Kier molecular flexibility index (Phi) is 7.82. The number of anilines is 1. The molecule has 0 aliphatic heterocycles. The number of thioether (sulfide) groups is 1. The van der Waals surface area contributed by atoms with Gasteiger partial charge in [0.15, 0.2) is 0 Å². The zero-order valence-corrected chi connectivity index (χ0v) is 15.6. The zero-order chi connectivity index (χ0) is 18.1. The maximum Gasteiger partial charge on any atom is 0.253 e. The Labute approximate surface area is 157 Å². The minimum atomic E-state index is -0.177. The molecule has 2 aromatic rings. The standard InChI is InChI=1S/C19H21ClN2O2S/c1-2-10-21-19(24)16-8-3-4-9-17(16)22-18(23)13-25-12-14-6-5-7-15(20)11-14/h3-9,11H,2,10,12-13H2,1H3,(H,21,24)(H,22,23). The fraction of sp³-hybridized carbons (Fsp3) is 0.263. The Morgan fingerprint density at radius 3 is 2.68 bits per heavy atom. The third kappa shape index (κ3) is 6.44. The lowest BCUT2D eigenvalue weighted by Gasteiger charge is -2.11. The van der Waals surface area contributed by atoms with E-state index in [1.165, 1.54) is 11.8 Å². The van der Waals surface area contributed by atoms with E-state index in [-0.39, 0.29) is 11.8 Å². The van der Waals surface area contributed by atoms with Crippen LogP contribution in [-0.4, -0.2) is 24.1 Å². The molecule has 2 aromatic carbocycles. The maximum atomic E-state index is 12.2. The number of para-hydroxylation sites is 1. The van der Waals surface area contributed by atoms with Gasteiger partial charge in [-0.15, -0.1) is 11.8 Å². The summed E-state index contributed by atoms with van der Waals surface area (Å²) in [6.45, 7) is 2.60. The molecule has 0 saturated heterocycles. The molecule has 0 heterocycles. The number of rotatable bonds is 8. The summed E-state index contributed by atoms with van der Waals surface area (Å²) in [5.41, 5.74) is 2.08. The number of hydrogen-bond acceptors (Lipinski definition) is 3. The van der Waals surface area contributed by atoms with Crippen LogP contribution in [0.1, 0.15) is 29.3 Å². The van der Waals surface area contributed by atoms with Gasteiger partial charge < -0.3 is 10.6 Å². The second kappa shape index (κ2) is 10.1. The fourth-order valence-corrected chi connectivity index (χ4v) is 3.19. The molecular weight excluding hydrogens is 356 g/mol. The van der Waals surface area contributed by atoms with Gasteiger partial charge in [0, 0.05) is 17.3 Å². The highest BCUT2D eigenvalue weighted by Gasteiger charge is 2.12. The second-order valence-corrected chi connectivity index (χ2v) is 6.89. The molecular formula is C19H21ClN2O2S. The van der Waals surface area contributed by atoms with Gasteiger partial charge in [-0.2, -0.15) is 0 Å². The maximum absolute atomic E-state index is 12.2. The molecule has 2 rings (SSSR count). The van der Waals surface area contributed by atoms with E-state index >= 15 is 0 Å². The minimum absolute atomic E-state index is 0.136. The smallest absolute Gasteiger partial charge is 0.253 e. The van der Waals surface area contributed by atoms with Crippen molar-refractivity contribution in [3.8, 4) is 0 Å². The number of halogens is 1. The topological polar surface area (TPSA) is 58.2 Å². The van der Waals surface area contributed by atoms with Gasteiger partial charge >= 0.3 is 0 Å². The van der Waals surface area contributed by atoms with Crippen molar-refractivity contribution in [2.24, 2.45) is 0 Å². The second-order valence-electron chi connectivity index (χ2n) is 5.47. The number of hydrogen-bond donors (Lipinski definition) is 2. The Morgan fingerprint density at radius 1 is 1.12 bits per heavy atom. The molecule has 25 heavy (non-hydrogen) atoms. The first-order chi connectivity index (χ1) is 12.1. The molecule has 0 aliphatic rings. The van der Waals surface area contributed by atoms with Gasteiger partial charge in [-0.05, 0) is 36.2 Å². The summed E-state index contributed by atoms with van der Waals surface area (Å²) in [7, 11) is 0. The van der Waals surface area contributed by atoms with Crippen molar-refractivity contribution >= 4 is 40.9 Å². The molecule has 0 atom stereocenters. The lowest BCUT2D eigenvalue weighted by atomic mass is 10.1. The van der Waals surface area contributed by atoms with Gasteiger partial charge in [0.2, 0.25) is 5.91 Å². The van der Waals surface area contributed by atoms with Crippen LogP contribution in [0.25, 0.3) is 0 Å². The third-order valence-corrected chi connectivity index (χ3v) is 4.61. The van der Waals surface area contributed by atoms with Gasteiger partial charge in [-0.3, -0.25) is 9.59 Å². The molecule has 0 aliphatic carbocycles. The van der Waals surface area contributed by atoms with Crippen LogP contribution < -0.4 is 10.6 Å². The first kappa shape index (κ1) is 19.3. The highest BCUT2D eigenvalue weighted by atomic mass is 35.5. The molecule has 4 nitrogen and oxygen atoms in total. The summed E-state index contributed by atoms with van der Waals surface area (Å²) in [5, 5.41) is 6.33. The lowest BCUT2D eigenvalue weighted by Crippen LogP contribution is -2.26. The van der Waals surface area contributed by atoms with Crippen LogP contribution in [0.2, 0.25) is 5.02 Å². The summed E-state index contributed by atoms with van der Waals surface area (Å²) in [4.78, 5) is 24.3. The van der Waals surface area contributed by atoms with Crippen LogP contribution in [0.5, 0.6) is 0 Å². The number of nitrogens with one attached hydrogen (secondary N) is 2. The Bertz CT molecular complexity index is 737. The molecule has 132 valence electrons. The first-order valence-corrected chi connectivity index (χ1v) is 9.62. The van der Waals surface area contributed by atoms with E-state index in [4.69, 9.17) is 11.6 Å². The van der Waals surface area contributed by atoms with Crippen molar-refractivity contribution in [2.75, 3.05) is 17.6 Å². The molecule has 0 aromatic heterocycles. The summed E-state index contributed by atoms with van der Waals surface area (Å²) >= 11 is 7.45. The molecule has 0 radical (unpaired) electrons. The van der Waals surface area contributed by atoms with Crippen LogP contribution in [0.15, 0.2) is 48.5 Å². The van der Waals surface area contributed by atoms with E-state index in [0.29, 0.717) is 34.3 Å². The van der Waals surface area contributed by atoms with Gasteiger partial charge in [0.05, 0.1) is 17.0 Å². The average molecular weight is 377 g/mol. The summed E-state index contributed by atoms with van der Waals surface area (Å²) < 4.78 is 0. The number of amides is 2. The van der Waals surface area contributed by atoms with Crippen LogP contribution >= 0.6 is 23.4 Å². The van der Waals surface area contributed by atoms with E-state index in [1.54, 1.807) is 24.3 Å². The monoisotopic (exact) mass is 376 g/mol. The molecule has 6 heteroatoms. The van der Waals surface area contributed by atoms with Crippen LogP contribution in [-0.2, 0) is 10.5 Å². The van der Waals surface area contributed by atoms with E-state index in [0.717, 1.165) is 12.0 Å². The predicted molar refractivity (Wildman–Crippen MR) is 105 cm³/mol. The highest BCUT2D eigenvalue weighted by Crippen LogP contribution is 2.18. The van der Waals surface area contributed by atoms with Gasteiger partial charge in [0.25, 0.3) is 5.91 Å². The van der Waals surface area contributed by atoms with Crippen molar-refractivity contribution in [1.29, 1.82) is 0 Å². The quantitative estimate of drug-likeness (QED) is 0.720. The van der Waals surface area contributed by atoms with Gasteiger partial charge in [0.1, 0.15) is 0 Å². The van der Waals surface area contributed by atoms with Crippen molar-refractivity contribution in [2.45, 2.75) is 19.1 Å². The summed E-state index contributed by atoms with van der Waals surface area (Å²) in [5.74, 6) is 0.691. The van der Waals surface area contributed by atoms with Crippen molar-refractivity contribution in [1.82, 2.24) is 5.32 Å². The van der Waals surface area contributed by atoms with Crippen molar-refractivity contribution in [3.05, 3.63) is 64.7 Å². The Hall–Kier alpha value is -1.98. The largest absolute Gasteiger partial charge is 0.352 e. The van der Waals surface area contributed by atoms with E-state index in [9.17, 15) is 9.59 Å². The summed E-state index contributed by atoms with van der Waals surface area (Å²) in [6.07, 6.45) is 0.862. The Morgan fingerprint density at radius 2 is 1.92 bits per heavy atom. The van der Waals surface area contributed by atoms with Crippen LogP contribution in [0, 0.1) is 0 Å². The minimum Gasteiger partial charge on any atom is -0.352 e. The SMILES string of the molecule is CCCNC(=O)c1ccccc1NC(=O)CSCc1cccc(Cl)c1. The molecule has 0 spiro atoms. The lowest BCUT2D eigenvalue weighted by molar-refractivity contribution is -0.113. The van der Waals surface area contributed by atoms with E-state index < -0.39 is 0 Å². The number of carbonyl (C=O) groups excluding carboxylic acids is 2. The molecule has 0 fully saturated rings. The predicted octanol–water partition coefficient (Wildman–Crippen LogP) is 4.35. The molecule has 0 unspecified atom stereocenters. The summed E-state index contributed by atoms with van der Waals surface area (Å²) in [6, 6.07) is 14.6. The zero-order valence-electron chi connectivity index (χ0n) is 14.0. The number of benzene rings is 2. The van der Waals surface area contributed by atoms with E-state index in [1.807, 2.05) is 31.2 Å². The van der Waals surface area contributed by atoms with E-state index in [2.05, 4.69) is 10.6 Å². The normalized spacial score (nSPS) is 10.3. The first-order valence-electron chi connectivity index (χ1n) is 8.09. The number of carbonyl (C=O) groups is 2. The molecule has 2 amide bonds. The van der Waals surface area contributed by atoms with Gasteiger partial charge in [-0.1, -0.05) is 42.8 Å². The van der Waals surface area contributed by atoms with Crippen LogP contribution in [0.4, 0.5) is 5.69 Å². The van der Waals surface area contributed by atoms with Crippen molar-refractivity contribution < 1.29 is 9.59 Å².